The van der Waals surface area contributed by atoms with Crippen LogP contribution >= 0.6 is 0 Å². The van der Waals surface area contributed by atoms with Crippen molar-refractivity contribution in [1.82, 2.24) is 4.90 Å². The first-order valence-electron chi connectivity index (χ1n) is 5.77. The van der Waals surface area contributed by atoms with Gasteiger partial charge < -0.3 is 5.11 Å². The van der Waals surface area contributed by atoms with Gasteiger partial charge in [-0.25, -0.2) is 0 Å². The topological polar surface area (TPSA) is 23.5 Å². The van der Waals surface area contributed by atoms with E-state index in [2.05, 4.69) is 11.5 Å². The van der Waals surface area contributed by atoms with Gasteiger partial charge in [-0.3, -0.25) is 4.90 Å². The average molecular weight is 197 g/mol. The second-order valence-electron chi connectivity index (χ2n) is 4.35. The summed E-state index contributed by atoms with van der Waals surface area (Å²) < 4.78 is 0. The van der Waals surface area contributed by atoms with Crippen molar-refractivity contribution in [2.24, 2.45) is 0 Å². The van der Waals surface area contributed by atoms with E-state index in [0.29, 0.717) is 6.04 Å². The number of hydrogen-bond acceptors (Lipinski definition) is 2. The van der Waals surface area contributed by atoms with Crippen LogP contribution in [0.1, 0.15) is 39.0 Å². The molecule has 0 aromatic heterocycles. The first-order chi connectivity index (χ1) is 6.74. The number of rotatable bonds is 5. The van der Waals surface area contributed by atoms with Gasteiger partial charge in [0, 0.05) is 12.6 Å². The van der Waals surface area contributed by atoms with Crippen molar-refractivity contribution >= 4 is 0 Å². The van der Waals surface area contributed by atoms with Crippen molar-refractivity contribution < 1.29 is 5.11 Å². The summed E-state index contributed by atoms with van der Waals surface area (Å²) in [6.07, 6.45) is 7.70. The van der Waals surface area contributed by atoms with E-state index in [9.17, 15) is 5.11 Å². The highest BCUT2D eigenvalue weighted by atomic mass is 16.3. The molecule has 1 saturated heterocycles. The molecule has 1 N–H and O–H groups in total. The number of hydrogen-bond donors (Lipinski definition) is 1. The molecule has 2 nitrogen and oxygen atoms in total. The summed E-state index contributed by atoms with van der Waals surface area (Å²) in [5.41, 5.74) is 0. The normalized spacial score (nSPS) is 26.0. The van der Waals surface area contributed by atoms with Gasteiger partial charge in [0.1, 0.15) is 0 Å². The summed E-state index contributed by atoms with van der Waals surface area (Å²) in [6.45, 7) is 7.96. The van der Waals surface area contributed by atoms with Gasteiger partial charge in [-0.1, -0.05) is 12.5 Å². The van der Waals surface area contributed by atoms with Crippen LogP contribution in [0.4, 0.5) is 0 Å². The van der Waals surface area contributed by atoms with Crippen LogP contribution in [-0.4, -0.2) is 35.2 Å². The molecule has 0 spiro atoms. The first kappa shape index (κ1) is 11.7. The third-order valence-electron chi connectivity index (χ3n) is 2.98. The Morgan fingerprint density at radius 2 is 2.36 bits per heavy atom. The molecule has 14 heavy (non-hydrogen) atoms. The van der Waals surface area contributed by atoms with Crippen molar-refractivity contribution in [2.75, 3.05) is 13.1 Å². The highest BCUT2D eigenvalue weighted by Gasteiger charge is 2.22. The zero-order chi connectivity index (χ0) is 10.4. The summed E-state index contributed by atoms with van der Waals surface area (Å²) in [5.74, 6) is 0. The summed E-state index contributed by atoms with van der Waals surface area (Å²) >= 11 is 0. The Balaban J connectivity index is 2.37. The molecular formula is C12H23NO. The molecule has 82 valence electrons. The van der Waals surface area contributed by atoms with Crippen LogP contribution < -0.4 is 0 Å². The summed E-state index contributed by atoms with van der Waals surface area (Å²) in [6, 6.07) is 0.601. The number of aliphatic hydroxyl groups is 1. The standard InChI is InChI=1S/C12H23NO/c1-3-4-8-13-9-6-5-7-12(13)10-11(2)14/h3,11-12,14H,1,4-10H2,2H3. The Bertz CT molecular complexity index is 168. The van der Waals surface area contributed by atoms with Crippen LogP contribution in [0.2, 0.25) is 0 Å². The van der Waals surface area contributed by atoms with E-state index in [1.54, 1.807) is 0 Å². The minimum Gasteiger partial charge on any atom is -0.393 e. The monoisotopic (exact) mass is 197 g/mol. The lowest BCUT2D eigenvalue weighted by atomic mass is 9.97. The predicted octanol–water partition coefficient (Wildman–Crippen LogP) is 2.19. The average Bonchev–Trinajstić information content (AvgIpc) is 2.16. The van der Waals surface area contributed by atoms with Gasteiger partial charge in [0.2, 0.25) is 0 Å². The number of aliphatic hydroxyl groups excluding tert-OH is 1. The van der Waals surface area contributed by atoms with Gasteiger partial charge in [-0.2, -0.15) is 0 Å². The minimum absolute atomic E-state index is 0.163. The van der Waals surface area contributed by atoms with Gasteiger partial charge in [-0.15, -0.1) is 6.58 Å². The zero-order valence-corrected chi connectivity index (χ0v) is 9.28. The highest BCUT2D eigenvalue weighted by molar-refractivity contribution is 4.80. The highest BCUT2D eigenvalue weighted by Crippen LogP contribution is 2.20. The van der Waals surface area contributed by atoms with Crippen molar-refractivity contribution in [3.8, 4) is 0 Å². The van der Waals surface area contributed by atoms with Crippen LogP contribution in [0, 0.1) is 0 Å². The largest absolute Gasteiger partial charge is 0.393 e. The SMILES string of the molecule is C=CCCN1CCCCC1CC(C)O. The molecule has 0 saturated carbocycles. The minimum atomic E-state index is -0.163. The Morgan fingerprint density at radius 3 is 3.00 bits per heavy atom. The third kappa shape index (κ3) is 3.81. The Morgan fingerprint density at radius 1 is 1.57 bits per heavy atom. The molecule has 0 aliphatic carbocycles. The molecule has 0 bridgehead atoms. The van der Waals surface area contributed by atoms with E-state index < -0.39 is 0 Å². The number of likely N-dealkylation sites (tertiary alicyclic amines) is 1. The van der Waals surface area contributed by atoms with Gasteiger partial charge in [-0.05, 0) is 39.2 Å². The number of nitrogens with zero attached hydrogens (tertiary/aromatic N) is 1. The third-order valence-corrected chi connectivity index (χ3v) is 2.98. The van der Waals surface area contributed by atoms with E-state index >= 15 is 0 Å². The molecule has 1 rings (SSSR count). The lowest BCUT2D eigenvalue weighted by Crippen LogP contribution is -2.41. The van der Waals surface area contributed by atoms with Crippen molar-refractivity contribution in [3.63, 3.8) is 0 Å². The molecule has 0 radical (unpaired) electrons. The van der Waals surface area contributed by atoms with Crippen LogP contribution in [0.15, 0.2) is 12.7 Å². The van der Waals surface area contributed by atoms with E-state index in [1.165, 1.54) is 25.8 Å². The molecule has 2 heteroatoms. The Hall–Kier alpha value is -0.340. The fourth-order valence-corrected chi connectivity index (χ4v) is 2.27. The van der Waals surface area contributed by atoms with E-state index in [0.717, 1.165) is 19.4 Å². The summed E-state index contributed by atoms with van der Waals surface area (Å²) in [4.78, 5) is 2.51. The maximum absolute atomic E-state index is 9.40. The van der Waals surface area contributed by atoms with E-state index in [-0.39, 0.29) is 6.10 Å². The van der Waals surface area contributed by atoms with Crippen LogP contribution in [0.5, 0.6) is 0 Å². The molecule has 1 fully saturated rings. The van der Waals surface area contributed by atoms with Gasteiger partial charge in [0.15, 0.2) is 0 Å². The quantitative estimate of drug-likeness (QED) is 0.683. The zero-order valence-electron chi connectivity index (χ0n) is 9.28. The van der Waals surface area contributed by atoms with Crippen molar-refractivity contribution in [3.05, 3.63) is 12.7 Å². The van der Waals surface area contributed by atoms with E-state index in [4.69, 9.17) is 0 Å². The van der Waals surface area contributed by atoms with Crippen LogP contribution in [-0.2, 0) is 0 Å². The molecule has 0 aromatic rings. The van der Waals surface area contributed by atoms with Crippen molar-refractivity contribution in [1.29, 1.82) is 0 Å². The van der Waals surface area contributed by atoms with Gasteiger partial charge in [0.25, 0.3) is 0 Å². The van der Waals surface area contributed by atoms with Gasteiger partial charge in [0.05, 0.1) is 6.10 Å². The summed E-state index contributed by atoms with van der Waals surface area (Å²) in [5, 5.41) is 9.40. The Kier molecular flexibility index (Phi) is 5.20. The fraction of sp³-hybridized carbons (Fsp3) is 0.833. The molecule has 2 atom stereocenters. The first-order valence-corrected chi connectivity index (χ1v) is 5.77. The van der Waals surface area contributed by atoms with Gasteiger partial charge >= 0.3 is 0 Å². The lowest BCUT2D eigenvalue weighted by Gasteiger charge is -2.36. The fourth-order valence-electron chi connectivity index (χ4n) is 2.27. The molecule has 0 aromatic carbocycles. The maximum atomic E-state index is 9.40. The predicted molar refractivity (Wildman–Crippen MR) is 60.3 cm³/mol. The molecular weight excluding hydrogens is 174 g/mol. The second kappa shape index (κ2) is 6.20. The van der Waals surface area contributed by atoms with Crippen molar-refractivity contribution in [2.45, 2.75) is 51.2 Å². The lowest BCUT2D eigenvalue weighted by molar-refractivity contribution is 0.0882. The molecule has 1 heterocycles. The summed E-state index contributed by atoms with van der Waals surface area (Å²) in [7, 11) is 0. The van der Waals surface area contributed by atoms with Crippen LogP contribution in [0.25, 0.3) is 0 Å². The maximum Gasteiger partial charge on any atom is 0.0527 e. The number of piperidine rings is 1. The van der Waals surface area contributed by atoms with Crippen LogP contribution in [0.3, 0.4) is 0 Å². The second-order valence-corrected chi connectivity index (χ2v) is 4.35. The Labute approximate surface area is 87.6 Å². The molecule has 0 amide bonds. The molecule has 2 unspecified atom stereocenters. The van der Waals surface area contributed by atoms with E-state index in [1.807, 2.05) is 13.0 Å². The molecule has 1 aliphatic heterocycles. The molecule has 1 aliphatic rings. The smallest absolute Gasteiger partial charge is 0.0527 e.